The monoisotopic (exact) mass is 282 g/mol. The standard InChI is InChI=1S/C15H26N2O3/c1-5-16-12(18)15(9-6-10-15)17(11-7-8-11)13(19)20-14(2,3)4/h11H,5-10H2,1-4H3,(H,16,18). The predicted octanol–water partition coefficient (Wildman–Crippen LogP) is 2.44. The third-order valence-electron chi connectivity index (χ3n) is 3.90. The van der Waals surface area contributed by atoms with Gasteiger partial charge in [-0.1, -0.05) is 0 Å². The average Bonchev–Trinajstić information content (AvgIpc) is 3.04. The Hall–Kier alpha value is -1.26. The van der Waals surface area contributed by atoms with Gasteiger partial charge in [0.2, 0.25) is 5.91 Å². The van der Waals surface area contributed by atoms with Crippen LogP contribution in [0.3, 0.4) is 0 Å². The molecule has 0 saturated heterocycles. The fraction of sp³-hybridized carbons (Fsp3) is 0.867. The molecule has 20 heavy (non-hydrogen) atoms. The van der Waals surface area contributed by atoms with Crippen LogP contribution in [0.1, 0.15) is 59.8 Å². The van der Waals surface area contributed by atoms with E-state index in [1.807, 2.05) is 27.7 Å². The van der Waals surface area contributed by atoms with Crippen molar-refractivity contribution in [1.29, 1.82) is 0 Å². The Kier molecular flexibility index (Phi) is 3.98. The highest BCUT2D eigenvalue weighted by atomic mass is 16.6. The first-order valence-electron chi connectivity index (χ1n) is 7.61. The van der Waals surface area contributed by atoms with Gasteiger partial charge in [-0.15, -0.1) is 0 Å². The average molecular weight is 282 g/mol. The molecule has 5 heteroatoms. The maximum absolute atomic E-state index is 12.5. The van der Waals surface area contributed by atoms with Gasteiger partial charge in [-0.05, 0) is 59.8 Å². The summed E-state index contributed by atoms with van der Waals surface area (Å²) in [5, 5.41) is 2.88. The zero-order chi connectivity index (χ0) is 15.0. The van der Waals surface area contributed by atoms with Crippen molar-refractivity contribution in [3.8, 4) is 0 Å². The van der Waals surface area contributed by atoms with Crippen LogP contribution in [0.25, 0.3) is 0 Å². The summed E-state index contributed by atoms with van der Waals surface area (Å²) in [4.78, 5) is 26.7. The van der Waals surface area contributed by atoms with Crippen molar-refractivity contribution in [3.63, 3.8) is 0 Å². The molecule has 0 aliphatic heterocycles. The van der Waals surface area contributed by atoms with E-state index in [9.17, 15) is 9.59 Å². The lowest BCUT2D eigenvalue weighted by Crippen LogP contribution is -2.65. The Morgan fingerprint density at radius 3 is 2.25 bits per heavy atom. The van der Waals surface area contributed by atoms with E-state index >= 15 is 0 Å². The molecule has 1 N–H and O–H groups in total. The van der Waals surface area contributed by atoms with Crippen LogP contribution in [0.2, 0.25) is 0 Å². The number of amides is 2. The highest BCUT2D eigenvalue weighted by molar-refractivity contribution is 5.91. The van der Waals surface area contributed by atoms with Gasteiger partial charge in [0, 0.05) is 12.6 Å². The lowest BCUT2D eigenvalue weighted by molar-refractivity contribution is -0.140. The number of hydrogen-bond donors (Lipinski definition) is 1. The normalized spacial score (nSPS) is 20.8. The molecule has 0 aromatic heterocycles. The smallest absolute Gasteiger partial charge is 0.411 e. The molecule has 2 aliphatic carbocycles. The molecule has 2 aliphatic rings. The Bertz CT molecular complexity index is 392. The summed E-state index contributed by atoms with van der Waals surface area (Å²) in [7, 11) is 0. The SMILES string of the molecule is CCNC(=O)C1(N(C(=O)OC(C)(C)C)C2CC2)CCC1. The van der Waals surface area contributed by atoms with Gasteiger partial charge in [-0.3, -0.25) is 9.69 Å². The molecule has 0 radical (unpaired) electrons. The minimum absolute atomic E-state index is 0.0241. The largest absolute Gasteiger partial charge is 0.444 e. The molecule has 2 saturated carbocycles. The summed E-state index contributed by atoms with van der Waals surface area (Å²) >= 11 is 0. The topological polar surface area (TPSA) is 58.6 Å². The van der Waals surface area contributed by atoms with E-state index in [4.69, 9.17) is 4.74 Å². The summed E-state index contributed by atoms with van der Waals surface area (Å²) < 4.78 is 5.52. The van der Waals surface area contributed by atoms with E-state index in [-0.39, 0.29) is 18.0 Å². The number of ether oxygens (including phenoxy) is 1. The number of carbonyl (C=O) groups is 2. The van der Waals surface area contributed by atoms with Crippen molar-refractivity contribution in [1.82, 2.24) is 10.2 Å². The van der Waals surface area contributed by atoms with Gasteiger partial charge in [0.15, 0.2) is 0 Å². The molecule has 2 rings (SSSR count). The molecule has 0 aromatic rings. The van der Waals surface area contributed by atoms with Crippen molar-refractivity contribution in [2.45, 2.75) is 77.0 Å². The highest BCUT2D eigenvalue weighted by Crippen LogP contribution is 2.44. The molecule has 0 bridgehead atoms. The van der Waals surface area contributed by atoms with Crippen LogP contribution in [0.5, 0.6) is 0 Å². The zero-order valence-electron chi connectivity index (χ0n) is 13.0. The Morgan fingerprint density at radius 1 is 1.30 bits per heavy atom. The molecule has 0 atom stereocenters. The fourth-order valence-electron chi connectivity index (χ4n) is 2.73. The van der Waals surface area contributed by atoms with Crippen molar-refractivity contribution < 1.29 is 14.3 Å². The van der Waals surface area contributed by atoms with E-state index < -0.39 is 11.1 Å². The molecule has 0 unspecified atom stereocenters. The van der Waals surface area contributed by atoms with Crippen molar-refractivity contribution in [2.24, 2.45) is 0 Å². The van der Waals surface area contributed by atoms with Crippen LogP contribution in [-0.2, 0) is 9.53 Å². The molecule has 0 aromatic carbocycles. The van der Waals surface area contributed by atoms with Gasteiger partial charge in [0.1, 0.15) is 11.1 Å². The highest BCUT2D eigenvalue weighted by Gasteiger charge is 2.56. The van der Waals surface area contributed by atoms with Crippen molar-refractivity contribution in [2.75, 3.05) is 6.54 Å². The lowest BCUT2D eigenvalue weighted by Gasteiger charge is -2.48. The molecule has 2 amide bonds. The molecule has 0 spiro atoms. The summed E-state index contributed by atoms with van der Waals surface area (Å²) in [6.45, 7) is 8.06. The molecule has 0 heterocycles. The minimum Gasteiger partial charge on any atom is -0.444 e. The summed E-state index contributed by atoms with van der Waals surface area (Å²) in [5.74, 6) is -0.0241. The second-order valence-corrected chi connectivity index (χ2v) is 6.83. The number of hydrogen-bond acceptors (Lipinski definition) is 3. The zero-order valence-corrected chi connectivity index (χ0v) is 13.0. The van der Waals surface area contributed by atoms with E-state index in [0.29, 0.717) is 6.54 Å². The van der Waals surface area contributed by atoms with Gasteiger partial charge in [0.05, 0.1) is 0 Å². The van der Waals surface area contributed by atoms with Crippen molar-refractivity contribution >= 4 is 12.0 Å². The molecule has 5 nitrogen and oxygen atoms in total. The number of nitrogens with one attached hydrogen (secondary N) is 1. The Morgan fingerprint density at radius 2 is 1.90 bits per heavy atom. The maximum Gasteiger partial charge on any atom is 0.411 e. The summed E-state index contributed by atoms with van der Waals surface area (Å²) in [6, 6.07) is 0.174. The van der Waals surface area contributed by atoms with Gasteiger partial charge in [-0.25, -0.2) is 4.79 Å². The molecule has 2 fully saturated rings. The maximum atomic E-state index is 12.5. The van der Waals surface area contributed by atoms with Gasteiger partial charge < -0.3 is 10.1 Å². The van der Waals surface area contributed by atoms with Crippen LogP contribution in [0.4, 0.5) is 4.79 Å². The van der Waals surface area contributed by atoms with E-state index in [1.54, 1.807) is 4.90 Å². The van der Waals surface area contributed by atoms with Crippen LogP contribution in [-0.4, -0.2) is 40.6 Å². The van der Waals surface area contributed by atoms with Gasteiger partial charge >= 0.3 is 6.09 Å². The molecular formula is C15H26N2O3. The predicted molar refractivity (Wildman–Crippen MR) is 76.4 cm³/mol. The fourth-order valence-corrected chi connectivity index (χ4v) is 2.73. The van der Waals surface area contributed by atoms with E-state index in [1.165, 1.54) is 0 Å². The van der Waals surface area contributed by atoms with Crippen molar-refractivity contribution in [3.05, 3.63) is 0 Å². The van der Waals surface area contributed by atoms with Crippen LogP contribution in [0.15, 0.2) is 0 Å². The Labute approximate surface area is 121 Å². The second-order valence-electron chi connectivity index (χ2n) is 6.83. The molecular weight excluding hydrogens is 256 g/mol. The van der Waals surface area contributed by atoms with E-state index in [2.05, 4.69) is 5.32 Å². The number of likely N-dealkylation sites (N-methyl/N-ethyl adjacent to an activating group) is 1. The Balaban J connectivity index is 2.18. The summed E-state index contributed by atoms with van der Waals surface area (Å²) in [5.41, 5.74) is -1.20. The van der Waals surface area contributed by atoms with Gasteiger partial charge in [-0.2, -0.15) is 0 Å². The first-order valence-corrected chi connectivity index (χ1v) is 7.61. The first-order chi connectivity index (χ1) is 9.30. The third kappa shape index (κ3) is 2.91. The molecule has 114 valence electrons. The lowest BCUT2D eigenvalue weighted by atomic mass is 9.74. The summed E-state index contributed by atoms with van der Waals surface area (Å²) in [6.07, 6.45) is 4.08. The number of nitrogens with zero attached hydrogens (tertiary/aromatic N) is 1. The van der Waals surface area contributed by atoms with Crippen LogP contribution < -0.4 is 5.32 Å². The van der Waals surface area contributed by atoms with Crippen LogP contribution in [0, 0.1) is 0 Å². The first kappa shape index (κ1) is 15.1. The number of rotatable bonds is 4. The van der Waals surface area contributed by atoms with E-state index in [0.717, 1.165) is 32.1 Å². The minimum atomic E-state index is -0.667. The number of carbonyl (C=O) groups excluding carboxylic acids is 2. The third-order valence-corrected chi connectivity index (χ3v) is 3.90. The quantitative estimate of drug-likeness (QED) is 0.861. The second kappa shape index (κ2) is 5.26. The van der Waals surface area contributed by atoms with Crippen LogP contribution >= 0.6 is 0 Å². The van der Waals surface area contributed by atoms with Gasteiger partial charge in [0.25, 0.3) is 0 Å².